The number of pyridine rings is 1. The van der Waals surface area contributed by atoms with E-state index < -0.39 is 5.97 Å². The second-order valence-electron chi connectivity index (χ2n) is 9.38. The van der Waals surface area contributed by atoms with E-state index in [1.54, 1.807) is 0 Å². The fourth-order valence-electron chi connectivity index (χ4n) is 5.21. The molecule has 1 unspecified atom stereocenters. The molecule has 7 nitrogen and oxygen atoms in total. The SMILES string of the molecule is O=C(O)CC(c1ccc2c(c1)OCO2)n1ccc2cc(OCCc3ccc4c(n3)CCCC4)ccc21. The zero-order valence-corrected chi connectivity index (χ0v) is 20.0. The van der Waals surface area contributed by atoms with Gasteiger partial charge in [0, 0.05) is 34.9 Å². The monoisotopic (exact) mass is 484 g/mol. The molecule has 3 heterocycles. The first kappa shape index (κ1) is 22.5. The number of aliphatic carboxylic acids is 1. The predicted octanol–water partition coefficient (Wildman–Crippen LogP) is 5.33. The van der Waals surface area contributed by atoms with Gasteiger partial charge in [0.15, 0.2) is 11.5 Å². The summed E-state index contributed by atoms with van der Waals surface area (Å²) in [5.41, 5.74) is 5.52. The first-order valence-corrected chi connectivity index (χ1v) is 12.5. The number of aryl methyl sites for hydroxylation is 2. The summed E-state index contributed by atoms with van der Waals surface area (Å²) in [6, 6.07) is 17.5. The van der Waals surface area contributed by atoms with Crippen molar-refractivity contribution in [1.29, 1.82) is 0 Å². The van der Waals surface area contributed by atoms with Gasteiger partial charge in [0.05, 0.1) is 19.1 Å². The molecule has 1 aliphatic carbocycles. The van der Waals surface area contributed by atoms with Gasteiger partial charge in [-0.1, -0.05) is 12.1 Å². The number of nitrogens with zero attached hydrogens (tertiary/aromatic N) is 2. The summed E-state index contributed by atoms with van der Waals surface area (Å²) in [6.07, 6.45) is 7.35. The van der Waals surface area contributed by atoms with Crippen molar-refractivity contribution in [1.82, 2.24) is 9.55 Å². The number of hydrogen-bond donors (Lipinski definition) is 1. The van der Waals surface area contributed by atoms with E-state index in [1.165, 1.54) is 24.1 Å². The fraction of sp³-hybridized carbons (Fsp3) is 0.310. The summed E-state index contributed by atoms with van der Waals surface area (Å²) in [6.45, 7) is 0.733. The standard InChI is InChI=1S/C29H28N2O5/c32-29(33)17-26(20-6-10-27-28(16-20)36-18-35-27)31-13-11-21-15-23(8-9-25(21)31)34-14-12-22-7-5-19-3-1-2-4-24(19)30-22/h5-11,13,15-16,26H,1-4,12,14,17-18H2,(H,32,33). The van der Waals surface area contributed by atoms with Crippen LogP contribution in [-0.2, 0) is 24.1 Å². The summed E-state index contributed by atoms with van der Waals surface area (Å²) < 4.78 is 19.0. The molecule has 4 aromatic rings. The highest BCUT2D eigenvalue weighted by Crippen LogP contribution is 2.37. The second kappa shape index (κ2) is 9.57. The van der Waals surface area contributed by atoms with Crippen LogP contribution in [0.2, 0.25) is 0 Å². The van der Waals surface area contributed by atoms with Crippen LogP contribution < -0.4 is 14.2 Å². The number of rotatable bonds is 8. The molecule has 0 amide bonds. The van der Waals surface area contributed by atoms with Crippen LogP contribution in [0.25, 0.3) is 10.9 Å². The van der Waals surface area contributed by atoms with Crippen molar-refractivity contribution in [3.05, 3.63) is 83.3 Å². The first-order valence-electron chi connectivity index (χ1n) is 12.5. The average Bonchev–Trinajstić information content (AvgIpc) is 3.53. The van der Waals surface area contributed by atoms with Gasteiger partial charge in [0.2, 0.25) is 6.79 Å². The number of carboxylic acid groups (broad SMARTS) is 1. The Morgan fingerprint density at radius 1 is 1.03 bits per heavy atom. The zero-order valence-electron chi connectivity index (χ0n) is 20.0. The highest BCUT2D eigenvalue weighted by molar-refractivity contribution is 5.82. The van der Waals surface area contributed by atoms with Gasteiger partial charge in [-0.05, 0) is 79.3 Å². The fourth-order valence-corrected chi connectivity index (χ4v) is 5.21. The Kier molecular flexibility index (Phi) is 5.97. The number of carbonyl (C=O) groups is 1. The molecule has 0 bridgehead atoms. The Labute approximate surface area is 209 Å². The lowest BCUT2D eigenvalue weighted by atomic mass is 9.96. The largest absolute Gasteiger partial charge is 0.493 e. The molecular formula is C29H28N2O5. The summed E-state index contributed by atoms with van der Waals surface area (Å²) in [5.74, 6) is 1.24. The number of fused-ring (bicyclic) bond motifs is 3. The van der Waals surface area contributed by atoms with Crippen LogP contribution in [0.4, 0.5) is 0 Å². The minimum Gasteiger partial charge on any atom is -0.493 e. The third-order valence-electron chi connectivity index (χ3n) is 7.04. The molecule has 0 spiro atoms. The zero-order chi connectivity index (χ0) is 24.5. The smallest absolute Gasteiger partial charge is 0.305 e. The van der Waals surface area contributed by atoms with E-state index in [0.29, 0.717) is 18.1 Å². The Balaban J connectivity index is 1.19. The van der Waals surface area contributed by atoms with Crippen LogP contribution >= 0.6 is 0 Å². The maximum atomic E-state index is 11.7. The molecule has 6 rings (SSSR count). The van der Waals surface area contributed by atoms with E-state index >= 15 is 0 Å². The Hall–Kier alpha value is -4.00. The lowest BCUT2D eigenvalue weighted by Gasteiger charge is -2.19. The Bertz CT molecular complexity index is 1430. The lowest BCUT2D eigenvalue weighted by Crippen LogP contribution is -2.14. The van der Waals surface area contributed by atoms with E-state index in [-0.39, 0.29) is 19.3 Å². The molecule has 7 heteroatoms. The minimum atomic E-state index is -0.866. The van der Waals surface area contributed by atoms with Crippen LogP contribution in [0, 0.1) is 0 Å². The highest BCUT2D eigenvalue weighted by atomic mass is 16.7. The Morgan fingerprint density at radius 3 is 2.83 bits per heavy atom. The lowest BCUT2D eigenvalue weighted by molar-refractivity contribution is -0.137. The third-order valence-corrected chi connectivity index (χ3v) is 7.04. The molecule has 1 atom stereocenters. The summed E-state index contributed by atoms with van der Waals surface area (Å²) in [5, 5.41) is 10.6. The van der Waals surface area contributed by atoms with E-state index in [4.69, 9.17) is 19.2 Å². The van der Waals surface area contributed by atoms with Crippen molar-refractivity contribution in [2.45, 2.75) is 44.6 Å². The van der Waals surface area contributed by atoms with Gasteiger partial charge >= 0.3 is 5.97 Å². The maximum Gasteiger partial charge on any atom is 0.305 e. The van der Waals surface area contributed by atoms with Crippen molar-refractivity contribution in [3.63, 3.8) is 0 Å². The van der Waals surface area contributed by atoms with Gasteiger partial charge in [-0.3, -0.25) is 9.78 Å². The Morgan fingerprint density at radius 2 is 1.92 bits per heavy atom. The van der Waals surface area contributed by atoms with Gasteiger partial charge in [0.25, 0.3) is 0 Å². The molecule has 36 heavy (non-hydrogen) atoms. The van der Waals surface area contributed by atoms with Crippen molar-refractivity contribution in [2.24, 2.45) is 0 Å². The van der Waals surface area contributed by atoms with Crippen LogP contribution in [0.5, 0.6) is 17.2 Å². The normalized spacial score (nSPS) is 15.0. The second-order valence-corrected chi connectivity index (χ2v) is 9.38. The predicted molar refractivity (Wildman–Crippen MR) is 135 cm³/mol. The molecule has 2 aliphatic rings. The molecule has 0 fully saturated rings. The molecule has 0 radical (unpaired) electrons. The van der Waals surface area contributed by atoms with Gasteiger partial charge in [-0.25, -0.2) is 0 Å². The van der Waals surface area contributed by atoms with E-state index in [1.807, 2.05) is 53.2 Å². The van der Waals surface area contributed by atoms with Crippen LogP contribution in [0.1, 0.15) is 47.8 Å². The molecule has 184 valence electrons. The van der Waals surface area contributed by atoms with Gasteiger partial charge in [-0.15, -0.1) is 0 Å². The molecule has 1 N–H and O–H groups in total. The summed E-state index contributed by atoms with van der Waals surface area (Å²) >= 11 is 0. The number of aromatic nitrogens is 2. The van der Waals surface area contributed by atoms with Crippen LogP contribution in [0.3, 0.4) is 0 Å². The highest BCUT2D eigenvalue weighted by Gasteiger charge is 2.23. The number of ether oxygens (including phenoxy) is 3. The van der Waals surface area contributed by atoms with Crippen molar-refractivity contribution >= 4 is 16.9 Å². The molecule has 2 aromatic heterocycles. The number of carboxylic acids is 1. The average molecular weight is 485 g/mol. The number of hydrogen-bond acceptors (Lipinski definition) is 5. The molecule has 0 saturated heterocycles. The van der Waals surface area contributed by atoms with Gasteiger partial charge in [-0.2, -0.15) is 0 Å². The first-order chi connectivity index (χ1) is 17.6. The van der Waals surface area contributed by atoms with Crippen molar-refractivity contribution in [2.75, 3.05) is 13.4 Å². The van der Waals surface area contributed by atoms with Crippen molar-refractivity contribution in [3.8, 4) is 17.2 Å². The van der Waals surface area contributed by atoms with Crippen molar-refractivity contribution < 1.29 is 24.1 Å². The summed E-state index contributed by atoms with van der Waals surface area (Å²) in [7, 11) is 0. The molecule has 2 aromatic carbocycles. The quantitative estimate of drug-likeness (QED) is 0.364. The molecule has 0 saturated carbocycles. The molecule has 1 aliphatic heterocycles. The number of benzene rings is 2. The topological polar surface area (TPSA) is 82.8 Å². The maximum absolute atomic E-state index is 11.7. The van der Waals surface area contributed by atoms with Crippen LogP contribution in [0.15, 0.2) is 60.8 Å². The summed E-state index contributed by atoms with van der Waals surface area (Å²) in [4.78, 5) is 16.6. The van der Waals surface area contributed by atoms with Crippen LogP contribution in [-0.4, -0.2) is 34.0 Å². The molecular weight excluding hydrogens is 456 g/mol. The van der Waals surface area contributed by atoms with E-state index in [9.17, 15) is 9.90 Å². The van der Waals surface area contributed by atoms with Gasteiger partial charge in [0.1, 0.15) is 5.75 Å². The van der Waals surface area contributed by atoms with Gasteiger partial charge < -0.3 is 23.9 Å². The van der Waals surface area contributed by atoms with E-state index in [2.05, 4.69) is 12.1 Å². The third kappa shape index (κ3) is 4.49. The van der Waals surface area contributed by atoms with E-state index in [0.717, 1.165) is 47.2 Å². The minimum absolute atomic E-state index is 0.0462.